The van der Waals surface area contributed by atoms with Gasteiger partial charge in [0.05, 0.1) is 15.6 Å². The Kier molecular flexibility index (Phi) is 5.08. The van der Waals surface area contributed by atoms with Crippen molar-refractivity contribution >= 4 is 21.0 Å². The van der Waals surface area contributed by atoms with Crippen LogP contribution in [0.1, 0.15) is 55.6 Å². The maximum atomic E-state index is 12.9. The fraction of sp³-hybridized carbons (Fsp3) is 0.579. The van der Waals surface area contributed by atoms with E-state index in [9.17, 15) is 9.59 Å². The van der Waals surface area contributed by atoms with Crippen molar-refractivity contribution in [1.29, 1.82) is 0 Å². The van der Waals surface area contributed by atoms with E-state index >= 15 is 0 Å². The Balaban J connectivity index is 1.82. The average Bonchev–Trinajstić information content (AvgIpc) is 2.56. The molecular weight excluding hydrogens is 323 g/mol. The van der Waals surface area contributed by atoms with Crippen LogP contribution in [0, 0.1) is 12.3 Å². The Morgan fingerprint density at radius 3 is 2.29 bits per heavy atom. The van der Waals surface area contributed by atoms with E-state index in [1.165, 1.54) is 0 Å². The summed E-state index contributed by atoms with van der Waals surface area (Å²) in [6.07, 6.45) is 4.98. The highest BCUT2D eigenvalue weighted by molar-refractivity contribution is 7.10. The van der Waals surface area contributed by atoms with Crippen molar-refractivity contribution in [3.05, 3.63) is 29.3 Å². The molecule has 2 fully saturated rings. The summed E-state index contributed by atoms with van der Waals surface area (Å²) >= 11 is 0. The minimum atomic E-state index is -0.629. The van der Waals surface area contributed by atoms with E-state index in [1.54, 1.807) is 7.11 Å². The van der Waals surface area contributed by atoms with Crippen molar-refractivity contribution in [2.24, 2.45) is 5.41 Å². The van der Waals surface area contributed by atoms with E-state index in [0.717, 1.165) is 36.8 Å². The highest BCUT2D eigenvalue weighted by Crippen LogP contribution is 2.49. The van der Waals surface area contributed by atoms with Crippen molar-refractivity contribution < 1.29 is 18.8 Å². The quantitative estimate of drug-likeness (QED) is 0.617. The summed E-state index contributed by atoms with van der Waals surface area (Å²) in [5.41, 5.74) is 1.62. The molecule has 2 aliphatic rings. The third-order valence-corrected chi connectivity index (χ3v) is 6.04. The molecule has 1 spiro atoms. The van der Waals surface area contributed by atoms with Crippen molar-refractivity contribution in [2.75, 3.05) is 7.11 Å². The molecule has 4 nitrogen and oxygen atoms in total. The number of aryl methyl sites for hydroxylation is 1. The summed E-state index contributed by atoms with van der Waals surface area (Å²) in [6, 6.07) is 5.57. The molecule has 130 valence electrons. The summed E-state index contributed by atoms with van der Waals surface area (Å²) in [4.78, 5) is 25.8. The smallest absolute Gasteiger partial charge is 0.148 e. The van der Waals surface area contributed by atoms with Gasteiger partial charge in [-0.15, -0.1) is 0 Å². The van der Waals surface area contributed by atoms with Crippen molar-refractivity contribution in [3.63, 3.8) is 0 Å². The maximum Gasteiger partial charge on any atom is 0.148 e. The Labute approximate surface area is 145 Å². The lowest BCUT2D eigenvalue weighted by Gasteiger charge is -2.43. The van der Waals surface area contributed by atoms with Gasteiger partial charge in [0, 0.05) is 20.0 Å². The molecule has 0 heterocycles. The van der Waals surface area contributed by atoms with Crippen molar-refractivity contribution in [2.45, 2.75) is 57.5 Å². The molecule has 3 rings (SSSR count). The number of ketones is 2. The van der Waals surface area contributed by atoms with Gasteiger partial charge in [-0.2, -0.15) is 0 Å². The molecule has 2 aliphatic carbocycles. The fourth-order valence-electron chi connectivity index (χ4n) is 4.33. The second-order valence-corrected chi connectivity index (χ2v) is 7.53. The molecular formula is C19H25O4P. The Bertz CT molecular complexity index is 627. The van der Waals surface area contributed by atoms with Crippen molar-refractivity contribution in [1.82, 2.24) is 0 Å². The molecule has 1 aromatic carbocycles. The standard InChI is InChI=1S/C19H25O4P/c1-12-3-4-14(23-24)9-15(12)18-16(20)10-19(11-17(18)21)7-5-13(22-2)6-8-19/h3-4,9,13,18H,5-8,10-11,24H2,1-2H3. The molecule has 0 amide bonds. The Morgan fingerprint density at radius 2 is 1.75 bits per heavy atom. The number of benzene rings is 1. The second kappa shape index (κ2) is 6.93. The van der Waals surface area contributed by atoms with Gasteiger partial charge in [-0.3, -0.25) is 9.59 Å². The lowest BCUT2D eigenvalue weighted by Crippen LogP contribution is -2.42. The number of hydrogen-bond donors (Lipinski definition) is 0. The van der Waals surface area contributed by atoms with Crippen LogP contribution < -0.4 is 4.52 Å². The van der Waals surface area contributed by atoms with Crippen LogP contribution in [0.3, 0.4) is 0 Å². The van der Waals surface area contributed by atoms with Crippen LogP contribution in [0.2, 0.25) is 0 Å². The summed E-state index contributed by atoms with van der Waals surface area (Å²) in [5, 5.41) is 0. The van der Waals surface area contributed by atoms with E-state index < -0.39 is 5.92 Å². The second-order valence-electron chi connectivity index (χ2n) is 7.29. The number of hydrogen-bond acceptors (Lipinski definition) is 4. The zero-order chi connectivity index (χ0) is 17.3. The molecule has 0 bridgehead atoms. The number of rotatable bonds is 3. The maximum absolute atomic E-state index is 12.9. The van der Waals surface area contributed by atoms with Gasteiger partial charge >= 0.3 is 0 Å². The number of Topliss-reactive ketones (excluding diaryl/α,β-unsaturated/α-hetero) is 2. The largest absolute Gasteiger partial charge is 0.480 e. The third kappa shape index (κ3) is 3.27. The van der Waals surface area contributed by atoms with E-state index in [1.807, 2.05) is 25.1 Å². The third-order valence-electron chi connectivity index (χ3n) is 5.77. The summed E-state index contributed by atoms with van der Waals surface area (Å²) in [6.45, 7) is 1.94. The summed E-state index contributed by atoms with van der Waals surface area (Å²) in [7, 11) is 3.94. The molecule has 0 saturated heterocycles. The van der Waals surface area contributed by atoms with E-state index in [0.29, 0.717) is 18.6 Å². The molecule has 1 aromatic rings. The molecule has 1 unspecified atom stereocenters. The van der Waals surface area contributed by atoms with Crippen LogP contribution in [0.25, 0.3) is 0 Å². The first-order chi connectivity index (χ1) is 11.5. The van der Waals surface area contributed by atoms with Gasteiger partial charge in [0.2, 0.25) is 0 Å². The van der Waals surface area contributed by atoms with Gasteiger partial charge in [0.1, 0.15) is 23.2 Å². The topological polar surface area (TPSA) is 52.6 Å². The molecule has 1 atom stereocenters. The van der Waals surface area contributed by atoms with Gasteiger partial charge in [0.25, 0.3) is 0 Å². The van der Waals surface area contributed by atoms with Gasteiger partial charge in [-0.1, -0.05) is 6.07 Å². The first kappa shape index (κ1) is 17.6. The summed E-state index contributed by atoms with van der Waals surface area (Å²) in [5.74, 6) is 0.148. The molecule has 24 heavy (non-hydrogen) atoms. The number of carbonyl (C=O) groups is 2. The average molecular weight is 348 g/mol. The summed E-state index contributed by atoms with van der Waals surface area (Å²) < 4.78 is 10.6. The van der Waals surface area contributed by atoms with Crippen molar-refractivity contribution in [3.8, 4) is 5.75 Å². The van der Waals surface area contributed by atoms with Crippen LogP contribution >= 0.6 is 9.47 Å². The molecule has 0 aliphatic heterocycles. The van der Waals surface area contributed by atoms with Crippen LogP contribution in [0.15, 0.2) is 18.2 Å². The highest BCUT2D eigenvalue weighted by Gasteiger charge is 2.47. The zero-order valence-electron chi connectivity index (χ0n) is 14.3. The van der Waals surface area contributed by atoms with Gasteiger partial charge in [-0.25, -0.2) is 0 Å². The highest BCUT2D eigenvalue weighted by atomic mass is 31.0. The van der Waals surface area contributed by atoms with Crippen LogP contribution in [-0.2, 0) is 14.3 Å². The van der Waals surface area contributed by atoms with Crippen LogP contribution in [0.5, 0.6) is 5.75 Å². The van der Waals surface area contributed by atoms with E-state index in [4.69, 9.17) is 9.26 Å². The first-order valence-electron chi connectivity index (χ1n) is 8.53. The Morgan fingerprint density at radius 1 is 1.12 bits per heavy atom. The van der Waals surface area contributed by atoms with E-state index in [-0.39, 0.29) is 23.1 Å². The van der Waals surface area contributed by atoms with E-state index in [2.05, 4.69) is 9.47 Å². The predicted molar refractivity (Wildman–Crippen MR) is 95.2 cm³/mol. The molecule has 0 aromatic heterocycles. The number of carbonyl (C=O) groups excluding carboxylic acids is 2. The number of methoxy groups -OCH3 is 1. The Hall–Kier alpha value is -1.25. The lowest BCUT2D eigenvalue weighted by molar-refractivity contribution is -0.138. The minimum Gasteiger partial charge on any atom is -0.480 e. The first-order valence-corrected chi connectivity index (χ1v) is 9.01. The van der Waals surface area contributed by atoms with Gasteiger partial charge in [0.15, 0.2) is 0 Å². The molecule has 2 saturated carbocycles. The molecule has 5 heteroatoms. The predicted octanol–water partition coefficient (Wildman–Crippen LogP) is 3.75. The molecule has 0 radical (unpaired) electrons. The number of ether oxygens (including phenoxy) is 1. The lowest BCUT2D eigenvalue weighted by atomic mass is 9.61. The normalized spacial score (nSPS) is 30.6. The van der Waals surface area contributed by atoms with Crippen LogP contribution in [-0.4, -0.2) is 24.8 Å². The van der Waals surface area contributed by atoms with Crippen LogP contribution in [0.4, 0.5) is 0 Å². The monoisotopic (exact) mass is 348 g/mol. The fourth-order valence-corrected chi connectivity index (χ4v) is 4.47. The zero-order valence-corrected chi connectivity index (χ0v) is 15.5. The van der Waals surface area contributed by atoms with Gasteiger partial charge in [-0.05, 0) is 61.3 Å². The molecule has 0 N–H and O–H groups in total. The van der Waals surface area contributed by atoms with Gasteiger partial charge < -0.3 is 9.26 Å². The SMILES string of the molecule is COC1CCC2(CC1)CC(=O)C(c1cc(OP)ccc1C)C(=O)C2. The minimum absolute atomic E-state index is 0.0612.